The molecule has 0 saturated carbocycles. The highest BCUT2D eigenvalue weighted by atomic mass is 16.1. The van der Waals surface area contributed by atoms with Crippen molar-refractivity contribution in [1.82, 2.24) is 15.6 Å². The summed E-state index contributed by atoms with van der Waals surface area (Å²) in [5, 5.41) is 7.02. The zero-order valence-electron chi connectivity index (χ0n) is 11.4. The fourth-order valence-electron chi connectivity index (χ4n) is 1.95. The summed E-state index contributed by atoms with van der Waals surface area (Å²) in [6.07, 6.45) is 0.505. The van der Waals surface area contributed by atoms with Crippen LogP contribution in [0.3, 0.4) is 0 Å². The zero-order chi connectivity index (χ0) is 13.7. The molecule has 0 atom stereocenters. The molecule has 4 heteroatoms. The molecule has 4 nitrogen and oxygen atoms in total. The normalized spacial score (nSPS) is 10.6. The van der Waals surface area contributed by atoms with Crippen molar-refractivity contribution in [3.63, 3.8) is 0 Å². The standard InChI is InChI=1S/C15H19N3O/c1-11-3-5-13-9-12(4-6-14(13)18-11)10-17-8-7-15(19)16-2/h3-6,9,17H,7-8,10H2,1-2H3,(H,16,19). The van der Waals surface area contributed by atoms with Gasteiger partial charge in [-0.3, -0.25) is 9.78 Å². The molecule has 2 aromatic rings. The smallest absolute Gasteiger partial charge is 0.221 e. The fraction of sp³-hybridized carbons (Fsp3) is 0.333. The number of nitrogens with one attached hydrogen (secondary N) is 2. The van der Waals surface area contributed by atoms with Crippen molar-refractivity contribution < 1.29 is 4.79 Å². The van der Waals surface area contributed by atoms with E-state index in [2.05, 4.69) is 33.8 Å². The first-order valence-electron chi connectivity index (χ1n) is 6.46. The lowest BCUT2D eigenvalue weighted by atomic mass is 10.1. The summed E-state index contributed by atoms with van der Waals surface area (Å²) in [6.45, 7) is 3.44. The lowest BCUT2D eigenvalue weighted by molar-refractivity contribution is -0.120. The molecule has 1 amide bonds. The second-order valence-corrected chi connectivity index (χ2v) is 4.58. The molecule has 0 aliphatic carbocycles. The zero-order valence-corrected chi connectivity index (χ0v) is 11.4. The van der Waals surface area contributed by atoms with Crippen LogP contribution in [0.2, 0.25) is 0 Å². The highest BCUT2D eigenvalue weighted by Gasteiger charge is 2.00. The van der Waals surface area contributed by atoms with Crippen LogP contribution in [0.5, 0.6) is 0 Å². The summed E-state index contributed by atoms with van der Waals surface area (Å²) in [5.41, 5.74) is 3.26. The second-order valence-electron chi connectivity index (χ2n) is 4.58. The quantitative estimate of drug-likeness (QED) is 0.803. The molecular weight excluding hydrogens is 238 g/mol. The minimum atomic E-state index is 0.0608. The molecule has 2 N–H and O–H groups in total. The van der Waals surface area contributed by atoms with Gasteiger partial charge in [0.25, 0.3) is 0 Å². The highest BCUT2D eigenvalue weighted by Crippen LogP contribution is 2.14. The summed E-state index contributed by atoms with van der Waals surface area (Å²) in [6, 6.07) is 10.4. The van der Waals surface area contributed by atoms with Gasteiger partial charge in [0.1, 0.15) is 0 Å². The Hall–Kier alpha value is -1.94. The molecule has 0 radical (unpaired) electrons. The molecule has 0 fully saturated rings. The third kappa shape index (κ3) is 3.76. The molecular formula is C15H19N3O. The van der Waals surface area contributed by atoms with E-state index in [9.17, 15) is 4.79 Å². The summed E-state index contributed by atoms with van der Waals surface area (Å²) >= 11 is 0. The van der Waals surface area contributed by atoms with Crippen molar-refractivity contribution in [2.45, 2.75) is 19.9 Å². The number of hydrogen-bond donors (Lipinski definition) is 2. The number of aromatic nitrogens is 1. The SMILES string of the molecule is CNC(=O)CCNCc1ccc2nc(C)ccc2c1. The van der Waals surface area contributed by atoms with Gasteiger partial charge >= 0.3 is 0 Å². The van der Waals surface area contributed by atoms with Gasteiger partial charge in [0, 0.05) is 37.6 Å². The van der Waals surface area contributed by atoms with Crippen LogP contribution in [0.15, 0.2) is 30.3 Å². The van der Waals surface area contributed by atoms with Gasteiger partial charge < -0.3 is 10.6 Å². The first-order chi connectivity index (χ1) is 9.19. The first-order valence-corrected chi connectivity index (χ1v) is 6.46. The lowest BCUT2D eigenvalue weighted by Crippen LogP contribution is -2.24. The molecule has 1 aromatic heterocycles. The van der Waals surface area contributed by atoms with Gasteiger partial charge in [-0.15, -0.1) is 0 Å². The molecule has 0 aliphatic rings. The maximum absolute atomic E-state index is 11.1. The van der Waals surface area contributed by atoms with Gasteiger partial charge in [-0.05, 0) is 30.7 Å². The second kappa shape index (κ2) is 6.29. The monoisotopic (exact) mass is 257 g/mol. The maximum atomic E-state index is 11.1. The Morgan fingerprint density at radius 1 is 1.26 bits per heavy atom. The molecule has 100 valence electrons. The van der Waals surface area contributed by atoms with Crippen LogP contribution in [-0.4, -0.2) is 24.5 Å². The summed E-state index contributed by atoms with van der Waals surface area (Å²) in [4.78, 5) is 15.5. The average Bonchev–Trinajstić information content (AvgIpc) is 2.43. The molecule has 0 aliphatic heterocycles. The van der Waals surface area contributed by atoms with Gasteiger partial charge in [-0.2, -0.15) is 0 Å². The van der Waals surface area contributed by atoms with Crippen molar-refractivity contribution in [2.75, 3.05) is 13.6 Å². The van der Waals surface area contributed by atoms with Crippen LogP contribution < -0.4 is 10.6 Å². The van der Waals surface area contributed by atoms with Crippen molar-refractivity contribution in [2.24, 2.45) is 0 Å². The molecule has 0 bridgehead atoms. The first kappa shape index (κ1) is 13.5. The van der Waals surface area contributed by atoms with E-state index in [1.807, 2.05) is 19.1 Å². The Labute approximate surface area is 113 Å². The number of benzene rings is 1. The molecule has 0 unspecified atom stereocenters. The maximum Gasteiger partial charge on any atom is 0.221 e. The number of rotatable bonds is 5. The lowest BCUT2D eigenvalue weighted by Gasteiger charge is -2.06. The Morgan fingerprint density at radius 2 is 2.11 bits per heavy atom. The molecule has 1 heterocycles. The number of fused-ring (bicyclic) bond motifs is 1. The van der Waals surface area contributed by atoms with Crippen molar-refractivity contribution >= 4 is 16.8 Å². The number of aryl methyl sites for hydroxylation is 1. The van der Waals surface area contributed by atoms with Crippen LogP contribution >= 0.6 is 0 Å². The van der Waals surface area contributed by atoms with Crippen LogP contribution in [0.4, 0.5) is 0 Å². The fourth-order valence-corrected chi connectivity index (χ4v) is 1.95. The molecule has 1 aromatic carbocycles. The van der Waals surface area contributed by atoms with E-state index in [0.29, 0.717) is 13.0 Å². The van der Waals surface area contributed by atoms with E-state index in [4.69, 9.17) is 0 Å². The van der Waals surface area contributed by atoms with Gasteiger partial charge in [-0.25, -0.2) is 0 Å². The van der Waals surface area contributed by atoms with E-state index >= 15 is 0 Å². The largest absolute Gasteiger partial charge is 0.359 e. The average molecular weight is 257 g/mol. The number of carbonyl (C=O) groups excluding carboxylic acids is 1. The number of nitrogens with zero attached hydrogens (tertiary/aromatic N) is 1. The third-order valence-electron chi connectivity index (χ3n) is 3.03. The Bertz CT molecular complexity index is 581. The number of amides is 1. The molecule has 2 rings (SSSR count). The van der Waals surface area contributed by atoms with Gasteiger partial charge in [-0.1, -0.05) is 12.1 Å². The van der Waals surface area contributed by atoms with Gasteiger partial charge in [0.05, 0.1) is 5.52 Å². The van der Waals surface area contributed by atoms with E-state index in [0.717, 1.165) is 23.1 Å². The highest BCUT2D eigenvalue weighted by molar-refractivity contribution is 5.79. The Morgan fingerprint density at radius 3 is 2.89 bits per heavy atom. The predicted molar refractivity (Wildman–Crippen MR) is 76.9 cm³/mol. The number of hydrogen-bond acceptors (Lipinski definition) is 3. The minimum absolute atomic E-state index is 0.0608. The summed E-state index contributed by atoms with van der Waals surface area (Å²) in [5.74, 6) is 0.0608. The predicted octanol–water partition coefficient (Wildman–Crippen LogP) is 1.77. The van der Waals surface area contributed by atoms with Crippen LogP contribution in [0.25, 0.3) is 10.9 Å². The minimum Gasteiger partial charge on any atom is -0.359 e. The molecule has 0 saturated heterocycles. The molecule has 0 spiro atoms. The van der Waals surface area contributed by atoms with Crippen molar-refractivity contribution in [1.29, 1.82) is 0 Å². The van der Waals surface area contributed by atoms with Crippen molar-refractivity contribution in [3.05, 3.63) is 41.6 Å². The van der Waals surface area contributed by atoms with E-state index < -0.39 is 0 Å². The van der Waals surface area contributed by atoms with E-state index in [1.54, 1.807) is 7.05 Å². The number of pyridine rings is 1. The number of carbonyl (C=O) groups is 1. The Kier molecular flexibility index (Phi) is 4.47. The van der Waals surface area contributed by atoms with Gasteiger partial charge in [0.2, 0.25) is 5.91 Å². The van der Waals surface area contributed by atoms with Crippen molar-refractivity contribution in [3.8, 4) is 0 Å². The van der Waals surface area contributed by atoms with Crippen LogP contribution in [0.1, 0.15) is 17.7 Å². The van der Waals surface area contributed by atoms with Gasteiger partial charge in [0.15, 0.2) is 0 Å². The Balaban J connectivity index is 1.94. The van der Waals surface area contributed by atoms with E-state index in [-0.39, 0.29) is 5.91 Å². The third-order valence-corrected chi connectivity index (χ3v) is 3.03. The molecule has 19 heavy (non-hydrogen) atoms. The van der Waals surface area contributed by atoms with E-state index in [1.165, 1.54) is 5.56 Å². The topological polar surface area (TPSA) is 54.0 Å². The summed E-state index contributed by atoms with van der Waals surface area (Å²) in [7, 11) is 1.65. The van der Waals surface area contributed by atoms with Crippen LogP contribution in [0, 0.1) is 6.92 Å². The summed E-state index contributed by atoms with van der Waals surface area (Å²) < 4.78 is 0. The van der Waals surface area contributed by atoms with Crippen LogP contribution in [-0.2, 0) is 11.3 Å².